The van der Waals surface area contributed by atoms with Gasteiger partial charge in [-0.25, -0.2) is 8.42 Å². The highest BCUT2D eigenvalue weighted by Gasteiger charge is 2.50. The molecule has 2 unspecified atom stereocenters. The summed E-state index contributed by atoms with van der Waals surface area (Å²) in [6.07, 6.45) is 2.85. The van der Waals surface area contributed by atoms with Gasteiger partial charge in [0.2, 0.25) is 22.2 Å². The van der Waals surface area contributed by atoms with Gasteiger partial charge in [-0.3, -0.25) is 0 Å². The molecule has 1 saturated carbocycles. The van der Waals surface area contributed by atoms with E-state index in [2.05, 4.69) is 0 Å². The quantitative estimate of drug-likeness (QED) is 0.749. The molecule has 0 heterocycles. The third-order valence-electron chi connectivity index (χ3n) is 4.36. The first-order chi connectivity index (χ1) is 12.0. The zero-order chi connectivity index (χ0) is 17.9. The van der Waals surface area contributed by atoms with Gasteiger partial charge in [0.1, 0.15) is 11.5 Å². The minimum Gasteiger partial charge on any atom is -0.399 e. The summed E-state index contributed by atoms with van der Waals surface area (Å²) in [4.78, 5) is 0. The average molecular weight is 379 g/mol. The summed E-state index contributed by atoms with van der Waals surface area (Å²) in [6, 6.07) is 14.7. The fourth-order valence-corrected chi connectivity index (χ4v) is 5.59. The lowest BCUT2D eigenvalue weighted by Gasteiger charge is -2.25. The normalized spacial score (nSPS) is 18.5. The third kappa shape index (κ3) is 4.12. The Morgan fingerprint density at radius 3 is 1.44 bits per heavy atom. The molecule has 1 aliphatic rings. The van der Waals surface area contributed by atoms with E-state index < -0.39 is 26.2 Å². The largest absolute Gasteiger partial charge is 0.399 e. The van der Waals surface area contributed by atoms with E-state index in [-0.39, 0.29) is 0 Å². The maximum atomic E-state index is 12.9. The summed E-state index contributed by atoms with van der Waals surface area (Å²) in [5.74, 6) is 1.03. The number of hydrogen-bond acceptors (Lipinski definition) is 4. The van der Waals surface area contributed by atoms with Crippen LogP contribution in [0.2, 0.25) is 0 Å². The lowest BCUT2D eigenvalue weighted by atomic mass is 10.2. The molecule has 0 spiro atoms. The van der Waals surface area contributed by atoms with Crippen molar-refractivity contribution < 1.29 is 16.8 Å². The fraction of sp³-hybridized carbons (Fsp3) is 0.368. The Morgan fingerprint density at radius 2 is 1.08 bits per heavy atom. The van der Waals surface area contributed by atoms with Crippen LogP contribution in [0.1, 0.15) is 36.8 Å². The molecule has 25 heavy (non-hydrogen) atoms. The van der Waals surface area contributed by atoms with Gasteiger partial charge in [-0.2, -0.15) is 0 Å². The minimum absolute atomic E-state index is 0.516. The SMILES string of the molecule is Cc1ccc(OS(=O)C2(S(=O)Oc3ccc(C)cc3)CCCC2)cc1. The summed E-state index contributed by atoms with van der Waals surface area (Å²) < 4.78 is 36.1. The molecular weight excluding hydrogens is 356 g/mol. The van der Waals surface area contributed by atoms with E-state index >= 15 is 0 Å². The van der Waals surface area contributed by atoms with Crippen LogP contribution in [0.5, 0.6) is 11.5 Å². The van der Waals surface area contributed by atoms with Crippen molar-refractivity contribution in [1.29, 1.82) is 0 Å². The molecule has 1 aliphatic carbocycles. The summed E-state index contributed by atoms with van der Waals surface area (Å²) in [6.45, 7) is 3.95. The van der Waals surface area contributed by atoms with E-state index in [1.807, 2.05) is 38.1 Å². The van der Waals surface area contributed by atoms with E-state index in [4.69, 9.17) is 8.37 Å². The van der Waals surface area contributed by atoms with Crippen LogP contribution in [0.25, 0.3) is 0 Å². The Hall–Kier alpha value is -1.66. The van der Waals surface area contributed by atoms with Gasteiger partial charge in [0, 0.05) is 0 Å². The van der Waals surface area contributed by atoms with Gasteiger partial charge < -0.3 is 8.37 Å². The zero-order valence-corrected chi connectivity index (χ0v) is 16.0. The van der Waals surface area contributed by atoms with Crippen LogP contribution in [-0.4, -0.2) is 12.5 Å². The Bertz CT molecular complexity index is 702. The van der Waals surface area contributed by atoms with Crippen LogP contribution < -0.4 is 8.37 Å². The average Bonchev–Trinajstić information content (AvgIpc) is 3.10. The predicted molar refractivity (Wildman–Crippen MR) is 101 cm³/mol. The Morgan fingerprint density at radius 1 is 0.720 bits per heavy atom. The molecule has 134 valence electrons. The van der Waals surface area contributed by atoms with Crippen molar-refractivity contribution in [3.8, 4) is 11.5 Å². The van der Waals surface area contributed by atoms with Crippen molar-refractivity contribution in [2.75, 3.05) is 0 Å². The zero-order valence-electron chi connectivity index (χ0n) is 14.4. The topological polar surface area (TPSA) is 52.6 Å². The fourth-order valence-electron chi connectivity index (χ4n) is 2.82. The summed E-state index contributed by atoms with van der Waals surface area (Å²) >= 11 is -3.49. The van der Waals surface area contributed by atoms with Crippen molar-refractivity contribution in [3.63, 3.8) is 0 Å². The van der Waals surface area contributed by atoms with Crippen LogP contribution in [0.3, 0.4) is 0 Å². The molecule has 0 radical (unpaired) electrons. The van der Waals surface area contributed by atoms with Crippen LogP contribution in [0.4, 0.5) is 0 Å². The second kappa shape index (κ2) is 7.70. The summed E-state index contributed by atoms with van der Waals surface area (Å²) in [5.41, 5.74) is 2.19. The molecule has 2 aromatic carbocycles. The molecule has 1 fully saturated rings. The van der Waals surface area contributed by atoms with Crippen LogP contribution in [0, 0.1) is 13.8 Å². The molecule has 0 bridgehead atoms. The van der Waals surface area contributed by atoms with Crippen molar-refractivity contribution >= 4 is 22.2 Å². The number of rotatable bonds is 6. The predicted octanol–water partition coefficient (Wildman–Crippen LogP) is 4.36. The third-order valence-corrected chi connectivity index (χ3v) is 7.89. The lowest BCUT2D eigenvalue weighted by molar-refractivity contribution is 0.506. The molecule has 0 N–H and O–H groups in total. The monoisotopic (exact) mass is 378 g/mol. The lowest BCUT2D eigenvalue weighted by Crippen LogP contribution is -2.40. The first-order valence-corrected chi connectivity index (χ1v) is 10.5. The molecule has 3 rings (SSSR count). The van der Waals surface area contributed by atoms with Gasteiger partial charge in [-0.1, -0.05) is 48.2 Å². The Labute approximate surface area is 153 Å². The highest BCUT2D eigenvalue weighted by molar-refractivity contribution is 8.00. The molecule has 0 amide bonds. The van der Waals surface area contributed by atoms with Gasteiger partial charge >= 0.3 is 0 Å². The molecular formula is C19H22O4S2. The van der Waals surface area contributed by atoms with Crippen molar-refractivity contribution in [2.24, 2.45) is 0 Å². The van der Waals surface area contributed by atoms with Crippen LogP contribution in [0.15, 0.2) is 48.5 Å². The Kier molecular flexibility index (Phi) is 5.59. The van der Waals surface area contributed by atoms with E-state index in [1.54, 1.807) is 24.3 Å². The standard InChI is InChI=1S/C19H22O4S2/c1-15-5-9-17(10-6-15)22-24(20)19(13-3-4-14-19)25(21)23-18-11-7-16(2)8-12-18/h5-12H,3-4,13-14H2,1-2H3. The van der Waals surface area contributed by atoms with E-state index in [0.717, 1.165) is 24.0 Å². The minimum atomic E-state index is -1.74. The second-order valence-corrected chi connectivity index (χ2v) is 9.47. The molecule has 0 aromatic heterocycles. The second-order valence-electron chi connectivity index (χ2n) is 6.38. The van der Waals surface area contributed by atoms with Crippen molar-refractivity contribution in [1.82, 2.24) is 0 Å². The maximum absolute atomic E-state index is 12.9. The molecule has 4 nitrogen and oxygen atoms in total. The van der Waals surface area contributed by atoms with Crippen LogP contribution in [-0.2, 0) is 22.2 Å². The summed E-state index contributed by atoms with van der Waals surface area (Å²) in [5, 5.41) is 0. The van der Waals surface area contributed by atoms with Crippen molar-refractivity contribution in [3.05, 3.63) is 59.7 Å². The van der Waals surface area contributed by atoms with Gasteiger partial charge in [0.15, 0.2) is 4.08 Å². The molecule has 0 aliphatic heterocycles. The smallest absolute Gasteiger partial charge is 0.229 e. The Balaban J connectivity index is 1.77. The maximum Gasteiger partial charge on any atom is 0.229 e. The van der Waals surface area contributed by atoms with Crippen LogP contribution >= 0.6 is 0 Å². The van der Waals surface area contributed by atoms with E-state index in [0.29, 0.717) is 24.3 Å². The highest BCUT2D eigenvalue weighted by atomic mass is 32.3. The van der Waals surface area contributed by atoms with Gasteiger partial charge in [0.05, 0.1) is 0 Å². The highest BCUT2D eigenvalue weighted by Crippen LogP contribution is 2.40. The van der Waals surface area contributed by atoms with Gasteiger partial charge in [-0.05, 0) is 51.0 Å². The number of hydrogen-bond donors (Lipinski definition) is 0. The van der Waals surface area contributed by atoms with Crippen molar-refractivity contribution in [2.45, 2.75) is 43.6 Å². The molecule has 2 atom stereocenters. The summed E-state index contributed by atoms with van der Waals surface area (Å²) in [7, 11) is 0. The number of benzene rings is 2. The molecule has 0 saturated heterocycles. The van der Waals surface area contributed by atoms with Gasteiger partial charge in [-0.15, -0.1) is 0 Å². The first-order valence-electron chi connectivity index (χ1n) is 8.33. The van der Waals surface area contributed by atoms with E-state index in [1.165, 1.54) is 0 Å². The first kappa shape index (κ1) is 18.1. The molecule has 6 heteroatoms. The molecule has 2 aromatic rings. The van der Waals surface area contributed by atoms with E-state index in [9.17, 15) is 8.42 Å². The van der Waals surface area contributed by atoms with Gasteiger partial charge in [0.25, 0.3) is 0 Å². The number of aryl methyl sites for hydroxylation is 2.